The minimum absolute atomic E-state index is 0.0112. The average molecular weight is 344 g/mol. The molecule has 0 bridgehead atoms. The van der Waals surface area contributed by atoms with Crippen molar-refractivity contribution in [2.45, 2.75) is 19.0 Å². The smallest absolute Gasteiger partial charge is 0.146 e. The van der Waals surface area contributed by atoms with E-state index in [-0.39, 0.29) is 24.5 Å². The van der Waals surface area contributed by atoms with Gasteiger partial charge in [0.1, 0.15) is 5.82 Å². The number of aliphatic hydroxyl groups excluding tert-OH is 1. The van der Waals surface area contributed by atoms with E-state index >= 15 is 0 Å². The molecule has 0 amide bonds. The molecule has 134 valence electrons. The summed E-state index contributed by atoms with van der Waals surface area (Å²) in [6.07, 6.45) is 0. The Morgan fingerprint density at radius 3 is 2.48 bits per heavy atom. The van der Waals surface area contributed by atoms with Gasteiger partial charge in [0.05, 0.1) is 31.5 Å². The molecule has 0 radical (unpaired) electrons. The van der Waals surface area contributed by atoms with Crippen LogP contribution in [0, 0.1) is 5.82 Å². The van der Waals surface area contributed by atoms with Gasteiger partial charge in [-0.15, -0.1) is 0 Å². The van der Waals surface area contributed by atoms with Gasteiger partial charge in [-0.05, 0) is 30.2 Å². The summed E-state index contributed by atoms with van der Waals surface area (Å²) < 4.78 is 19.9. The molecule has 2 aromatic carbocycles. The summed E-state index contributed by atoms with van der Waals surface area (Å²) in [5.74, 6) is -0.215. The SMILES string of the molecule is CC(N[C@H](CO)c1ccccc1)c1ccc(N2CCOCC2)c(F)c1. The molecule has 0 aromatic heterocycles. The minimum atomic E-state index is -0.215. The lowest BCUT2D eigenvalue weighted by Gasteiger charge is -2.29. The summed E-state index contributed by atoms with van der Waals surface area (Å²) in [5, 5.41) is 13.1. The molecule has 4 nitrogen and oxygen atoms in total. The van der Waals surface area contributed by atoms with E-state index in [9.17, 15) is 9.50 Å². The third-order valence-electron chi connectivity index (χ3n) is 4.66. The van der Waals surface area contributed by atoms with Crippen molar-refractivity contribution < 1.29 is 14.2 Å². The molecule has 1 saturated heterocycles. The van der Waals surface area contributed by atoms with E-state index in [1.165, 1.54) is 0 Å². The predicted octanol–water partition coefficient (Wildman–Crippen LogP) is 3.05. The van der Waals surface area contributed by atoms with Crippen molar-refractivity contribution in [1.82, 2.24) is 5.32 Å². The molecule has 2 atom stereocenters. The highest BCUT2D eigenvalue weighted by Crippen LogP contribution is 2.26. The summed E-state index contributed by atoms with van der Waals surface area (Å²) in [4.78, 5) is 2.02. The lowest BCUT2D eigenvalue weighted by Crippen LogP contribution is -2.36. The first-order valence-electron chi connectivity index (χ1n) is 8.73. The molecule has 3 rings (SSSR count). The quantitative estimate of drug-likeness (QED) is 0.845. The second-order valence-electron chi connectivity index (χ2n) is 6.34. The average Bonchev–Trinajstić information content (AvgIpc) is 2.67. The Morgan fingerprint density at radius 2 is 1.84 bits per heavy atom. The normalized spacial score (nSPS) is 17.3. The number of benzene rings is 2. The molecule has 1 aliphatic rings. The van der Waals surface area contributed by atoms with Gasteiger partial charge in [0, 0.05) is 19.1 Å². The Kier molecular flexibility index (Phi) is 6.02. The number of hydrogen-bond acceptors (Lipinski definition) is 4. The molecule has 0 spiro atoms. The first-order valence-corrected chi connectivity index (χ1v) is 8.73. The minimum Gasteiger partial charge on any atom is -0.394 e. The molecule has 2 aromatic rings. The van der Waals surface area contributed by atoms with Crippen LogP contribution in [-0.4, -0.2) is 38.0 Å². The maximum absolute atomic E-state index is 14.6. The first-order chi connectivity index (χ1) is 12.2. The molecular weight excluding hydrogens is 319 g/mol. The first kappa shape index (κ1) is 17.9. The van der Waals surface area contributed by atoms with Crippen molar-refractivity contribution >= 4 is 5.69 Å². The number of halogens is 1. The highest BCUT2D eigenvalue weighted by atomic mass is 19.1. The topological polar surface area (TPSA) is 44.7 Å². The number of nitrogens with zero attached hydrogens (tertiary/aromatic N) is 1. The Morgan fingerprint density at radius 1 is 1.12 bits per heavy atom. The summed E-state index contributed by atoms with van der Waals surface area (Å²) in [6, 6.07) is 14.9. The van der Waals surface area contributed by atoms with E-state index < -0.39 is 0 Å². The van der Waals surface area contributed by atoms with Crippen LogP contribution in [0.5, 0.6) is 0 Å². The number of morpholine rings is 1. The largest absolute Gasteiger partial charge is 0.394 e. The number of nitrogens with one attached hydrogen (secondary N) is 1. The molecule has 1 heterocycles. The molecule has 5 heteroatoms. The molecule has 2 N–H and O–H groups in total. The van der Waals surface area contributed by atoms with E-state index in [0.29, 0.717) is 32.0 Å². The number of aliphatic hydroxyl groups is 1. The van der Waals surface area contributed by atoms with Gasteiger partial charge in [-0.1, -0.05) is 36.4 Å². The van der Waals surface area contributed by atoms with E-state index in [1.54, 1.807) is 6.07 Å². The second kappa shape index (κ2) is 8.43. The van der Waals surface area contributed by atoms with E-state index in [0.717, 1.165) is 11.1 Å². The number of rotatable bonds is 6. The van der Waals surface area contributed by atoms with E-state index in [4.69, 9.17) is 4.74 Å². The van der Waals surface area contributed by atoms with Gasteiger partial charge >= 0.3 is 0 Å². The van der Waals surface area contributed by atoms with Crippen LogP contribution in [0.15, 0.2) is 48.5 Å². The lowest BCUT2D eigenvalue weighted by molar-refractivity contribution is 0.122. The van der Waals surface area contributed by atoms with Crippen molar-refractivity contribution in [3.05, 3.63) is 65.5 Å². The molecule has 25 heavy (non-hydrogen) atoms. The van der Waals surface area contributed by atoms with Crippen LogP contribution >= 0.6 is 0 Å². The van der Waals surface area contributed by atoms with Crippen LogP contribution < -0.4 is 10.2 Å². The second-order valence-corrected chi connectivity index (χ2v) is 6.34. The molecule has 1 fully saturated rings. The van der Waals surface area contributed by atoms with Crippen LogP contribution in [0.25, 0.3) is 0 Å². The lowest BCUT2D eigenvalue weighted by atomic mass is 10.0. The highest BCUT2D eigenvalue weighted by molar-refractivity contribution is 5.50. The Balaban J connectivity index is 1.71. The fourth-order valence-corrected chi connectivity index (χ4v) is 3.19. The van der Waals surface area contributed by atoms with Gasteiger partial charge in [-0.3, -0.25) is 0 Å². The summed E-state index contributed by atoms with van der Waals surface area (Å²) in [6.45, 7) is 4.66. The Hall–Kier alpha value is -1.95. The van der Waals surface area contributed by atoms with Crippen molar-refractivity contribution in [2.24, 2.45) is 0 Å². The van der Waals surface area contributed by atoms with Gasteiger partial charge in [0.25, 0.3) is 0 Å². The molecule has 0 aliphatic carbocycles. The number of hydrogen-bond donors (Lipinski definition) is 2. The van der Waals surface area contributed by atoms with Gasteiger partial charge in [0.2, 0.25) is 0 Å². The number of ether oxygens (including phenoxy) is 1. The standard InChI is InChI=1S/C20H25FN2O2/c1-15(22-19(14-24)16-5-3-2-4-6-16)17-7-8-20(18(21)13-17)23-9-11-25-12-10-23/h2-8,13,15,19,22,24H,9-12,14H2,1H3/t15?,19-/m1/s1. The fraction of sp³-hybridized carbons (Fsp3) is 0.400. The maximum Gasteiger partial charge on any atom is 0.146 e. The Bertz CT molecular complexity index is 675. The van der Waals surface area contributed by atoms with Crippen LogP contribution in [0.4, 0.5) is 10.1 Å². The molecular formula is C20H25FN2O2. The molecule has 0 saturated carbocycles. The zero-order valence-corrected chi connectivity index (χ0v) is 14.5. The Labute approximate surface area is 148 Å². The third-order valence-corrected chi connectivity index (χ3v) is 4.66. The number of anilines is 1. The zero-order chi connectivity index (χ0) is 17.6. The fourth-order valence-electron chi connectivity index (χ4n) is 3.19. The monoisotopic (exact) mass is 344 g/mol. The van der Waals surface area contributed by atoms with Crippen LogP contribution in [0.2, 0.25) is 0 Å². The van der Waals surface area contributed by atoms with Crippen molar-refractivity contribution in [3.8, 4) is 0 Å². The van der Waals surface area contributed by atoms with Crippen LogP contribution in [-0.2, 0) is 4.74 Å². The molecule has 1 aliphatic heterocycles. The highest BCUT2D eigenvalue weighted by Gasteiger charge is 2.18. The van der Waals surface area contributed by atoms with Crippen LogP contribution in [0.3, 0.4) is 0 Å². The predicted molar refractivity (Wildman–Crippen MR) is 97.3 cm³/mol. The van der Waals surface area contributed by atoms with E-state index in [2.05, 4.69) is 5.32 Å². The zero-order valence-electron chi connectivity index (χ0n) is 14.5. The summed E-state index contributed by atoms with van der Waals surface area (Å²) in [5.41, 5.74) is 2.51. The van der Waals surface area contributed by atoms with Crippen molar-refractivity contribution in [3.63, 3.8) is 0 Å². The van der Waals surface area contributed by atoms with Gasteiger partial charge < -0.3 is 20.1 Å². The summed E-state index contributed by atoms with van der Waals surface area (Å²) in [7, 11) is 0. The van der Waals surface area contributed by atoms with Crippen LogP contribution in [0.1, 0.15) is 30.1 Å². The van der Waals surface area contributed by atoms with Crippen molar-refractivity contribution in [1.29, 1.82) is 0 Å². The maximum atomic E-state index is 14.6. The summed E-state index contributed by atoms with van der Waals surface area (Å²) >= 11 is 0. The molecule has 1 unspecified atom stereocenters. The van der Waals surface area contributed by atoms with Crippen molar-refractivity contribution in [2.75, 3.05) is 37.8 Å². The van der Waals surface area contributed by atoms with E-state index in [1.807, 2.05) is 54.3 Å². The van der Waals surface area contributed by atoms with Gasteiger partial charge in [-0.25, -0.2) is 4.39 Å². The van der Waals surface area contributed by atoms with Gasteiger partial charge in [0.15, 0.2) is 0 Å². The van der Waals surface area contributed by atoms with Gasteiger partial charge in [-0.2, -0.15) is 0 Å². The third kappa shape index (κ3) is 4.37.